The zero-order valence-electron chi connectivity index (χ0n) is 19.4. The van der Waals surface area contributed by atoms with Crippen LogP contribution in [0.4, 0.5) is 0 Å². The number of nitrogens with one attached hydrogen (secondary N) is 2. The van der Waals surface area contributed by atoms with E-state index in [1.54, 1.807) is 48.5 Å². The Kier molecular flexibility index (Phi) is 8.45. The zero-order valence-corrected chi connectivity index (χ0v) is 19.4. The van der Waals surface area contributed by atoms with Crippen LogP contribution in [0.2, 0.25) is 0 Å². The minimum atomic E-state index is -1.32. The van der Waals surface area contributed by atoms with Gasteiger partial charge in [0.1, 0.15) is 23.6 Å². The van der Waals surface area contributed by atoms with E-state index in [1.165, 1.54) is 20.3 Å². The molecule has 3 amide bonds. The first-order valence-electron chi connectivity index (χ1n) is 11.0. The molecule has 4 atom stereocenters. The summed E-state index contributed by atoms with van der Waals surface area (Å²) >= 11 is 0. The molecule has 0 heterocycles. The molecule has 10 heteroatoms. The van der Waals surface area contributed by atoms with Crippen molar-refractivity contribution in [2.45, 2.75) is 37.1 Å². The average Bonchev–Trinajstić information content (AvgIpc) is 2.86. The lowest BCUT2D eigenvalue weighted by Crippen LogP contribution is -2.52. The van der Waals surface area contributed by atoms with E-state index in [-0.39, 0.29) is 18.4 Å². The smallest absolute Gasteiger partial charge is 0.251 e. The quantitative estimate of drug-likeness (QED) is 0.337. The van der Waals surface area contributed by atoms with Gasteiger partial charge in [-0.05, 0) is 42.0 Å². The molecule has 186 valence electrons. The van der Waals surface area contributed by atoms with E-state index in [0.717, 1.165) is 5.56 Å². The van der Waals surface area contributed by atoms with Crippen molar-refractivity contribution in [2.75, 3.05) is 14.2 Å². The Morgan fingerprint density at radius 3 is 2.09 bits per heavy atom. The zero-order chi connectivity index (χ0) is 25.5. The van der Waals surface area contributed by atoms with Gasteiger partial charge in [0.25, 0.3) is 5.91 Å². The van der Waals surface area contributed by atoms with Crippen LogP contribution in [-0.4, -0.2) is 66.4 Å². The summed E-state index contributed by atoms with van der Waals surface area (Å²) in [5.74, 6) is -0.632. The van der Waals surface area contributed by atoms with Gasteiger partial charge in [-0.1, -0.05) is 18.2 Å². The van der Waals surface area contributed by atoms with Gasteiger partial charge in [0.15, 0.2) is 0 Å². The molecule has 1 aliphatic rings. The van der Waals surface area contributed by atoms with Crippen molar-refractivity contribution < 1.29 is 34.1 Å². The summed E-state index contributed by atoms with van der Waals surface area (Å²) in [5, 5.41) is 25.9. The fourth-order valence-electron chi connectivity index (χ4n) is 3.71. The second-order valence-electron chi connectivity index (χ2n) is 8.16. The molecule has 0 spiro atoms. The van der Waals surface area contributed by atoms with Crippen molar-refractivity contribution in [1.82, 2.24) is 10.6 Å². The standard InChI is InChI=1S/C25H29N3O7/c1-34-17-7-3-14(4-8-17)11-20(23(26)31)28-25(33)16-12-19(22(30)21(29)13-16)27-24(32)15-5-9-18(35-2)10-6-15/h3-10,12,19-22,29-30H,11,13H2,1-2H3,(H2,26,31)(H,27,32)(H,28,33)/t19-,20+,21-,22-/m1/s1. The molecule has 1 aliphatic carbocycles. The number of benzene rings is 2. The molecular formula is C25H29N3O7. The summed E-state index contributed by atoms with van der Waals surface area (Å²) in [6.07, 6.45) is -1.24. The molecule has 2 aromatic rings. The maximum absolute atomic E-state index is 12.9. The van der Waals surface area contributed by atoms with Gasteiger partial charge in [-0.15, -0.1) is 0 Å². The number of nitrogens with two attached hydrogens (primary N) is 1. The molecule has 0 saturated carbocycles. The molecular weight excluding hydrogens is 454 g/mol. The molecule has 3 rings (SSSR count). The van der Waals surface area contributed by atoms with Gasteiger partial charge in [-0.2, -0.15) is 0 Å². The first-order chi connectivity index (χ1) is 16.7. The first-order valence-corrected chi connectivity index (χ1v) is 11.0. The van der Waals surface area contributed by atoms with Gasteiger partial charge in [-0.3, -0.25) is 14.4 Å². The predicted molar refractivity (Wildman–Crippen MR) is 127 cm³/mol. The number of ether oxygens (including phenoxy) is 2. The summed E-state index contributed by atoms with van der Waals surface area (Å²) in [6.45, 7) is 0. The Bertz CT molecular complexity index is 1080. The molecule has 0 unspecified atom stereocenters. The molecule has 0 bridgehead atoms. The van der Waals surface area contributed by atoms with E-state index < -0.39 is 42.0 Å². The largest absolute Gasteiger partial charge is 0.497 e. The Morgan fingerprint density at radius 1 is 0.971 bits per heavy atom. The number of amides is 3. The summed E-state index contributed by atoms with van der Waals surface area (Å²) < 4.78 is 10.2. The minimum absolute atomic E-state index is 0.115. The Labute approximate surface area is 202 Å². The van der Waals surface area contributed by atoms with Gasteiger partial charge in [0, 0.05) is 24.0 Å². The van der Waals surface area contributed by atoms with Crippen LogP contribution >= 0.6 is 0 Å². The lowest BCUT2D eigenvalue weighted by atomic mass is 9.89. The normalized spacial score (nSPS) is 20.2. The number of hydrogen-bond acceptors (Lipinski definition) is 7. The van der Waals surface area contributed by atoms with Gasteiger partial charge < -0.3 is 36.1 Å². The van der Waals surface area contributed by atoms with Crippen molar-refractivity contribution in [3.05, 3.63) is 71.3 Å². The van der Waals surface area contributed by atoms with Crippen LogP contribution in [0.1, 0.15) is 22.3 Å². The second kappa shape index (κ2) is 11.5. The highest BCUT2D eigenvalue weighted by molar-refractivity contribution is 5.98. The van der Waals surface area contributed by atoms with Gasteiger partial charge in [0.05, 0.1) is 26.4 Å². The number of rotatable bonds is 9. The number of hydrogen-bond donors (Lipinski definition) is 5. The molecule has 6 N–H and O–H groups in total. The summed E-state index contributed by atoms with van der Waals surface area (Å²) in [4.78, 5) is 37.5. The number of aliphatic hydroxyl groups is 2. The minimum Gasteiger partial charge on any atom is -0.497 e. The maximum Gasteiger partial charge on any atom is 0.251 e. The van der Waals surface area contributed by atoms with Gasteiger partial charge >= 0.3 is 0 Å². The summed E-state index contributed by atoms with van der Waals surface area (Å²) in [7, 11) is 3.05. The highest BCUT2D eigenvalue weighted by Crippen LogP contribution is 2.21. The van der Waals surface area contributed by atoms with Gasteiger partial charge in [-0.25, -0.2) is 0 Å². The van der Waals surface area contributed by atoms with Crippen LogP contribution in [0, 0.1) is 0 Å². The monoisotopic (exact) mass is 483 g/mol. The predicted octanol–water partition coefficient (Wildman–Crippen LogP) is 0.0669. The van der Waals surface area contributed by atoms with E-state index in [2.05, 4.69) is 10.6 Å². The molecule has 2 aromatic carbocycles. The lowest BCUT2D eigenvalue weighted by molar-refractivity contribution is -0.125. The number of carbonyl (C=O) groups excluding carboxylic acids is 3. The van der Waals surface area contributed by atoms with Crippen molar-refractivity contribution in [3.63, 3.8) is 0 Å². The fourth-order valence-corrected chi connectivity index (χ4v) is 3.71. The summed E-state index contributed by atoms with van der Waals surface area (Å²) in [5.41, 5.74) is 6.68. The van der Waals surface area contributed by atoms with Gasteiger partial charge in [0.2, 0.25) is 11.8 Å². The van der Waals surface area contributed by atoms with Crippen LogP contribution < -0.4 is 25.8 Å². The number of aliphatic hydroxyl groups excluding tert-OH is 2. The van der Waals surface area contributed by atoms with Crippen LogP contribution in [0.15, 0.2) is 60.2 Å². The Morgan fingerprint density at radius 2 is 1.54 bits per heavy atom. The summed E-state index contributed by atoms with van der Waals surface area (Å²) in [6, 6.07) is 11.3. The highest BCUT2D eigenvalue weighted by atomic mass is 16.5. The molecule has 0 aromatic heterocycles. The van der Waals surface area contributed by atoms with Crippen LogP contribution in [0.25, 0.3) is 0 Å². The third-order valence-corrected chi connectivity index (χ3v) is 5.76. The Hall–Kier alpha value is -3.89. The van der Waals surface area contributed by atoms with E-state index >= 15 is 0 Å². The van der Waals surface area contributed by atoms with E-state index in [0.29, 0.717) is 17.1 Å². The lowest BCUT2D eigenvalue weighted by Gasteiger charge is -2.31. The third kappa shape index (κ3) is 6.58. The first kappa shape index (κ1) is 25.7. The fraction of sp³-hybridized carbons (Fsp3) is 0.320. The van der Waals surface area contributed by atoms with E-state index in [4.69, 9.17) is 15.2 Å². The van der Waals surface area contributed by atoms with E-state index in [9.17, 15) is 24.6 Å². The molecule has 0 aliphatic heterocycles. The topological polar surface area (TPSA) is 160 Å². The number of carbonyl (C=O) groups is 3. The maximum atomic E-state index is 12.9. The molecule has 0 fully saturated rings. The molecule has 35 heavy (non-hydrogen) atoms. The number of primary amides is 1. The van der Waals surface area contributed by atoms with Crippen LogP contribution in [0.5, 0.6) is 11.5 Å². The molecule has 0 saturated heterocycles. The van der Waals surface area contributed by atoms with Crippen molar-refractivity contribution in [1.29, 1.82) is 0 Å². The van der Waals surface area contributed by atoms with Crippen molar-refractivity contribution >= 4 is 17.7 Å². The second-order valence-corrected chi connectivity index (χ2v) is 8.16. The highest BCUT2D eigenvalue weighted by Gasteiger charge is 2.34. The van der Waals surface area contributed by atoms with Crippen molar-refractivity contribution in [3.8, 4) is 11.5 Å². The van der Waals surface area contributed by atoms with E-state index in [1.807, 2.05) is 0 Å². The molecule has 0 radical (unpaired) electrons. The van der Waals surface area contributed by atoms with Crippen LogP contribution in [-0.2, 0) is 16.0 Å². The number of methoxy groups -OCH3 is 2. The average molecular weight is 484 g/mol. The van der Waals surface area contributed by atoms with Crippen LogP contribution in [0.3, 0.4) is 0 Å². The molecule has 10 nitrogen and oxygen atoms in total. The third-order valence-electron chi connectivity index (χ3n) is 5.76. The SMILES string of the molecule is COc1ccc(C[C@H](NC(=O)C2=C[C@@H](NC(=O)c3ccc(OC)cc3)[C@@H](O)[C@H](O)C2)C(N)=O)cc1. The van der Waals surface area contributed by atoms with Crippen molar-refractivity contribution in [2.24, 2.45) is 5.73 Å². The Balaban J connectivity index is 1.71.